The molecule has 3 aromatic rings. The Hall–Kier alpha value is -3.48. The van der Waals surface area contributed by atoms with Crippen molar-refractivity contribution >= 4 is 22.6 Å². The Balaban J connectivity index is 1.82. The summed E-state index contributed by atoms with van der Waals surface area (Å²) >= 11 is 0. The summed E-state index contributed by atoms with van der Waals surface area (Å²) in [5, 5.41) is 18.2. The van der Waals surface area contributed by atoms with Crippen LogP contribution in [0.2, 0.25) is 0 Å². The van der Waals surface area contributed by atoms with Gasteiger partial charge in [-0.2, -0.15) is 5.10 Å². The van der Waals surface area contributed by atoms with Gasteiger partial charge >= 0.3 is 5.97 Å². The Morgan fingerprint density at radius 2 is 1.79 bits per heavy atom. The molecule has 0 saturated heterocycles. The van der Waals surface area contributed by atoms with Crippen LogP contribution in [0.15, 0.2) is 59.4 Å². The minimum absolute atomic E-state index is 0.105. The van der Waals surface area contributed by atoms with Crippen LogP contribution in [0.1, 0.15) is 20.3 Å². The Morgan fingerprint density at radius 1 is 1.07 bits per heavy atom. The Labute approximate surface area is 168 Å². The third-order valence-corrected chi connectivity index (χ3v) is 4.55. The Bertz CT molecular complexity index is 1100. The standard InChI is InChI=1S/C22H23N3O4/c1-14(2)11-19(22(28)29)23-20(26)13-25-21(27)10-9-18(24-25)17-8-7-15-5-3-4-6-16(15)12-17/h3-10,12,14,19H,11,13H2,1-2H3,(H,23,26)(H,28,29). The number of amides is 1. The average molecular weight is 393 g/mol. The van der Waals surface area contributed by atoms with Gasteiger partial charge in [-0.25, -0.2) is 9.48 Å². The quantitative estimate of drug-likeness (QED) is 0.643. The molecule has 0 bridgehead atoms. The van der Waals surface area contributed by atoms with Crippen molar-refractivity contribution < 1.29 is 14.7 Å². The zero-order chi connectivity index (χ0) is 21.0. The zero-order valence-corrected chi connectivity index (χ0v) is 16.3. The van der Waals surface area contributed by atoms with Gasteiger partial charge in [-0.1, -0.05) is 50.2 Å². The topological polar surface area (TPSA) is 101 Å². The number of rotatable bonds is 7. The fraction of sp³-hybridized carbons (Fsp3) is 0.273. The first-order valence-corrected chi connectivity index (χ1v) is 9.43. The van der Waals surface area contributed by atoms with Crippen LogP contribution in [0.4, 0.5) is 0 Å². The smallest absolute Gasteiger partial charge is 0.326 e. The van der Waals surface area contributed by atoms with Crippen LogP contribution in [-0.2, 0) is 16.1 Å². The normalized spacial score (nSPS) is 12.1. The number of fused-ring (bicyclic) bond motifs is 1. The van der Waals surface area contributed by atoms with Gasteiger partial charge in [-0.15, -0.1) is 0 Å². The van der Waals surface area contributed by atoms with Gasteiger partial charge in [-0.05, 0) is 35.2 Å². The molecule has 1 amide bonds. The van der Waals surface area contributed by atoms with E-state index in [1.54, 1.807) is 6.07 Å². The number of carboxylic acid groups (broad SMARTS) is 1. The summed E-state index contributed by atoms with van der Waals surface area (Å²) in [4.78, 5) is 35.8. The van der Waals surface area contributed by atoms with Crippen molar-refractivity contribution in [3.05, 3.63) is 65.0 Å². The predicted octanol–water partition coefficient (Wildman–Crippen LogP) is 2.68. The number of carbonyl (C=O) groups excluding carboxylic acids is 1. The van der Waals surface area contributed by atoms with E-state index >= 15 is 0 Å². The zero-order valence-electron chi connectivity index (χ0n) is 16.3. The van der Waals surface area contributed by atoms with Crippen LogP contribution < -0.4 is 10.9 Å². The van der Waals surface area contributed by atoms with Crippen molar-refractivity contribution in [1.82, 2.24) is 15.1 Å². The lowest BCUT2D eigenvalue weighted by molar-refractivity contribution is -0.142. The van der Waals surface area contributed by atoms with Gasteiger partial charge in [-0.3, -0.25) is 9.59 Å². The largest absolute Gasteiger partial charge is 0.480 e. The van der Waals surface area contributed by atoms with Crippen LogP contribution in [-0.4, -0.2) is 32.8 Å². The van der Waals surface area contributed by atoms with Gasteiger partial charge in [0.15, 0.2) is 0 Å². The van der Waals surface area contributed by atoms with Gasteiger partial charge in [0.25, 0.3) is 5.56 Å². The highest BCUT2D eigenvalue weighted by Crippen LogP contribution is 2.22. The summed E-state index contributed by atoms with van der Waals surface area (Å²) in [7, 11) is 0. The average Bonchev–Trinajstić information content (AvgIpc) is 2.68. The lowest BCUT2D eigenvalue weighted by Gasteiger charge is -2.16. The van der Waals surface area contributed by atoms with Crippen LogP contribution in [0.3, 0.4) is 0 Å². The maximum absolute atomic E-state index is 12.3. The molecular weight excluding hydrogens is 370 g/mol. The molecule has 0 fully saturated rings. The molecule has 7 heteroatoms. The maximum atomic E-state index is 12.3. The first kappa shape index (κ1) is 20.3. The molecule has 7 nitrogen and oxygen atoms in total. The number of carboxylic acids is 1. The van der Waals surface area contributed by atoms with Crippen molar-refractivity contribution in [2.24, 2.45) is 5.92 Å². The molecule has 1 heterocycles. The first-order valence-electron chi connectivity index (χ1n) is 9.43. The SMILES string of the molecule is CC(C)CC(NC(=O)Cn1nc(-c2ccc3ccccc3c2)ccc1=O)C(=O)O. The number of benzene rings is 2. The van der Waals surface area contributed by atoms with Gasteiger partial charge in [0.1, 0.15) is 12.6 Å². The molecule has 0 aliphatic heterocycles. The number of aliphatic carboxylic acids is 1. The molecule has 1 atom stereocenters. The van der Waals surface area contributed by atoms with E-state index in [2.05, 4.69) is 10.4 Å². The summed E-state index contributed by atoms with van der Waals surface area (Å²) in [5.41, 5.74) is 0.946. The van der Waals surface area contributed by atoms with Crippen molar-refractivity contribution in [1.29, 1.82) is 0 Å². The molecule has 0 saturated carbocycles. The van der Waals surface area contributed by atoms with E-state index in [0.29, 0.717) is 12.1 Å². The highest BCUT2D eigenvalue weighted by Gasteiger charge is 2.21. The lowest BCUT2D eigenvalue weighted by atomic mass is 10.0. The second-order valence-electron chi connectivity index (χ2n) is 7.36. The van der Waals surface area contributed by atoms with E-state index < -0.39 is 23.5 Å². The molecule has 1 unspecified atom stereocenters. The molecule has 1 aromatic heterocycles. The summed E-state index contributed by atoms with van der Waals surface area (Å²) in [6.07, 6.45) is 0.306. The monoisotopic (exact) mass is 393 g/mol. The highest BCUT2D eigenvalue weighted by molar-refractivity contribution is 5.86. The molecule has 150 valence electrons. The molecule has 2 aromatic carbocycles. The third kappa shape index (κ3) is 5.07. The molecule has 3 rings (SSSR count). The predicted molar refractivity (Wildman–Crippen MR) is 110 cm³/mol. The minimum atomic E-state index is -1.10. The molecule has 0 radical (unpaired) electrons. The van der Waals surface area contributed by atoms with Crippen molar-refractivity contribution in [3.63, 3.8) is 0 Å². The molecular formula is C22H23N3O4. The summed E-state index contributed by atoms with van der Waals surface area (Å²) in [6.45, 7) is 3.41. The van der Waals surface area contributed by atoms with Crippen molar-refractivity contribution in [2.45, 2.75) is 32.9 Å². The Morgan fingerprint density at radius 3 is 2.48 bits per heavy atom. The molecule has 0 spiro atoms. The molecule has 29 heavy (non-hydrogen) atoms. The fourth-order valence-corrected chi connectivity index (χ4v) is 3.13. The van der Waals surface area contributed by atoms with Gasteiger partial charge in [0, 0.05) is 11.6 Å². The number of carbonyl (C=O) groups is 2. The highest BCUT2D eigenvalue weighted by atomic mass is 16.4. The van der Waals surface area contributed by atoms with Crippen molar-refractivity contribution in [2.75, 3.05) is 0 Å². The second kappa shape index (κ2) is 8.68. The number of nitrogens with zero attached hydrogens (tertiary/aromatic N) is 2. The second-order valence-corrected chi connectivity index (χ2v) is 7.36. The van der Waals surface area contributed by atoms with Gasteiger partial charge in [0.05, 0.1) is 5.69 Å². The summed E-state index contributed by atoms with van der Waals surface area (Å²) in [6, 6.07) is 15.7. The number of hydrogen-bond donors (Lipinski definition) is 2. The van der Waals surface area contributed by atoms with Crippen LogP contribution in [0.25, 0.3) is 22.0 Å². The maximum Gasteiger partial charge on any atom is 0.326 e. The van der Waals surface area contributed by atoms with Crippen LogP contribution in [0, 0.1) is 5.92 Å². The van der Waals surface area contributed by atoms with E-state index in [-0.39, 0.29) is 12.5 Å². The fourth-order valence-electron chi connectivity index (χ4n) is 3.13. The molecule has 0 aliphatic rings. The van der Waals surface area contributed by atoms with E-state index in [1.807, 2.05) is 56.3 Å². The summed E-state index contributed by atoms with van der Waals surface area (Å²) in [5.74, 6) is -1.56. The van der Waals surface area contributed by atoms with E-state index in [4.69, 9.17) is 0 Å². The van der Waals surface area contributed by atoms with Crippen molar-refractivity contribution in [3.8, 4) is 11.3 Å². The third-order valence-electron chi connectivity index (χ3n) is 4.55. The van der Waals surface area contributed by atoms with E-state index in [1.165, 1.54) is 6.07 Å². The molecule has 0 aliphatic carbocycles. The van der Waals surface area contributed by atoms with Gasteiger partial charge in [0.2, 0.25) is 5.91 Å². The Kier molecular flexibility index (Phi) is 6.07. The van der Waals surface area contributed by atoms with E-state index in [9.17, 15) is 19.5 Å². The summed E-state index contributed by atoms with van der Waals surface area (Å²) < 4.78 is 1.05. The van der Waals surface area contributed by atoms with Gasteiger partial charge < -0.3 is 10.4 Å². The van der Waals surface area contributed by atoms with Crippen LogP contribution >= 0.6 is 0 Å². The number of hydrogen-bond acceptors (Lipinski definition) is 4. The lowest BCUT2D eigenvalue weighted by Crippen LogP contribution is -2.44. The van der Waals surface area contributed by atoms with E-state index in [0.717, 1.165) is 21.0 Å². The minimum Gasteiger partial charge on any atom is -0.480 e. The number of aromatic nitrogens is 2. The van der Waals surface area contributed by atoms with Crippen LogP contribution in [0.5, 0.6) is 0 Å². The molecule has 2 N–H and O–H groups in total. The number of nitrogens with one attached hydrogen (secondary N) is 1. The first-order chi connectivity index (χ1) is 13.8.